The molecule has 0 unspecified atom stereocenters. The number of nitrogen functional groups attached to an aromatic ring is 1. The van der Waals surface area contributed by atoms with Crippen LogP contribution in [0.1, 0.15) is 6.42 Å². The number of aliphatic hydroxyl groups excluding tert-OH is 2. The Morgan fingerprint density at radius 3 is 3.00 bits per heavy atom. The van der Waals surface area contributed by atoms with Crippen LogP contribution >= 0.6 is 12.6 Å². The van der Waals surface area contributed by atoms with Crippen molar-refractivity contribution in [2.24, 2.45) is 0 Å². The van der Waals surface area contributed by atoms with E-state index in [-0.39, 0.29) is 18.8 Å². The summed E-state index contributed by atoms with van der Waals surface area (Å²) in [7, 11) is 0. The fourth-order valence-corrected chi connectivity index (χ4v) is 2.66. The molecule has 0 spiro atoms. The van der Waals surface area contributed by atoms with Gasteiger partial charge in [0.2, 0.25) is 0 Å². The summed E-state index contributed by atoms with van der Waals surface area (Å²) < 4.78 is 7.16. The summed E-state index contributed by atoms with van der Waals surface area (Å²) in [5.74, 6) is 0.262. The van der Waals surface area contributed by atoms with Crippen molar-refractivity contribution in [1.29, 1.82) is 0 Å². The minimum Gasteiger partial charge on any atom is -0.394 e. The van der Waals surface area contributed by atoms with Gasteiger partial charge in [-0.25, -0.2) is 15.0 Å². The molecule has 1 aliphatic heterocycles. The lowest BCUT2D eigenvalue weighted by atomic mass is 10.2. The van der Waals surface area contributed by atoms with Crippen LogP contribution in [0.5, 0.6) is 0 Å². The van der Waals surface area contributed by atoms with Crippen molar-refractivity contribution in [1.82, 2.24) is 19.5 Å². The molecule has 0 aliphatic carbocycles. The Hall–Kier alpha value is -1.42. The zero-order valence-electron chi connectivity index (χ0n) is 9.84. The van der Waals surface area contributed by atoms with Gasteiger partial charge in [-0.15, -0.1) is 12.6 Å². The normalized spacial score (nSPS) is 31.1. The topological polar surface area (TPSA) is 119 Å². The third-order valence-electron chi connectivity index (χ3n) is 3.16. The van der Waals surface area contributed by atoms with E-state index in [0.29, 0.717) is 11.2 Å². The van der Waals surface area contributed by atoms with E-state index in [1.54, 1.807) is 4.57 Å². The molecule has 102 valence electrons. The predicted molar refractivity (Wildman–Crippen MR) is 69.3 cm³/mol. The lowest BCUT2D eigenvalue weighted by Gasteiger charge is -2.24. The first-order valence-corrected chi connectivity index (χ1v) is 6.13. The van der Waals surface area contributed by atoms with Crippen LogP contribution < -0.4 is 5.73 Å². The fraction of sp³-hybridized carbons (Fsp3) is 0.500. The van der Waals surface area contributed by atoms with Gasteiger partial charge in [0.25, 0.3) is 0 Å². The number of rotatable bonds is 2. The van der Waals surface area contributed by atoms with Crippen molar-refractivity contribution < 1.29 is 14.9 Å². The average molecular weight is 283 g/mol. The SMILES string of the molecule is Nc1ncnc2c1ncn2[C@@]1(S)C[C@H](O)[C@@H](CO)O1. The van der Waals surface area contributed by atoms with Gasteiger partial charge in [-0.05, 0) is 0 Å². The van der Waals surface area contributed by atoms with Crippen molar-refractivity contribution in [2.45, 2.75) is 23.7 Å². The molecule has 0 aromatic carbocycles. The Morgan fingerprint density at radius 1 is 1.53 bits per heavy atom. The fourth-order valence-electron chi connectivity index (χ4n) is 2.20. The largest absolute Gasteiger partial charge is 0.394 e. The highest BCUT2D eigenvalue weighted by Gasteiger charge is 2.45. The zero-order valence-corrected chi connectivity index (χ0v) is 10.7. The van der Waals surface area contributed by atoms with Gasteiger partial charge in [0, 0.05) is 6.42 Å². The maximum absolute atomic E-state index is 9.82. The van der Waals surface area contributed by atoms with Gasteiger partial charge in [-0.3, -0.25) is 4.57 Å². The summed E-state index contributed by atoms with van der Waals surface area (Å²) in [6.45, 7) is -0.284. The summed E-state index contributed by atoms with van der Waals surface area (Å²) in [6, 6.07) is 0. The van der Waals surface area contributed by atoms with Crippen molar-refractivity contribution in [2.75, 3.05) is 12.3 Å². The lowest BCUT2D eigenvalue weighted by molar-refractivity contribution is -0.0603. The molecule has 1 fully saturated rings. The van der Waals surface area contributed by atoms with Gasteiger partial charge < -0.3 is 20.7 Å². The van der Waals surface area contributed by atoms with Crippen LogP contribution in [-0.4, -0.2) is 48.5 Å². The van der Waals surface area contributed by atoms with Crippen LogP contribution in [0.2, 0.25) is 0 Å². The third kappa shape index (κ3) is 1.86. The van der Waals surface area contributed by atoms with Crippen LogP contribution in [0.4, 0.5) is 5.82 Å². The molecule has 0 amide bonds. The minimum absolute atomic E-state index is 0.205. The smallest absolute Gasteiger partial charge is 0.196 e. The number of nitrogens with zero attached hydrogens (tertiary/aromatic N) is 4. The summed E-state index contributed by atoms with van der Waals surface area (Å²) in [4.78, 5) is 12.1. The number of ether oxygens (including phenoxy) is 1. The quantitative estimate of drug-likeness (QED) is 0.527. The van der Waals surface area contributed by atoms with Gasteiger partial charge in [0.1, 0.15) is 24.3 Å². The van der Waals surface area contributed by atoms with Crippen LogP contribution in [-0.2, 0) is 9.79 Å². The molecule has 3 rings (SSSR count). The van der Waals surface area contributed by atoms with Crippen LogP contribution in [0.3, 0.4) is 0 Å². The number of fused-ring (bicyclic) bond motifs is 1. The number of aliphatic hydroxyl groups is 2. The molecule has 1 saturated heterocycles. The highest BCUT2D eigenvalue weighted by molar-refractivity contribution is 7.80. The Morgan fingerprint density at radius 2 is 2.32 bits per heavy atom. The molecule has 2 aromatic rings. The van der Waals surface area contributed by atoms with E-state index in [0.717, 1.165) is 0 Å². The predicted octanol–water partition coefficient (Wildman–Crippen LogP) is -0.909. The molecule has 4 N–H and O–H groups in total. The minimum atomic E-state index is -1.12. The first-order chi connectivity index (χ1) is 9.05. The van der Waals surface area contributed by atoms with Gasteiger partial charge in [-0.2, -0.15) is 0 Å². The van der Waals surface area contributed by atoms with E-state index in [4.69, 9.17) is 15.6 Å². The molecule has 2 aromatic heterocycles. The average Bonchev–Trinajstić information content (AvgIpc) is 2.92. The molecular weight excluding hydrogens is 270 g/mol. The summed E-state index contributed by atoms with van der Waals surface area (Å²) in [5.41, 5.74) is 6.62. The molecule has 3 heterocycles. The van der Waals surface area contributed by atoms with Crippen molar-refractivity contribution >= 4 is 29.6 Å². The van der Waals surface area contributed by atoms with Crippen molar-refractivity contribution in [3.8, 4) is 0 Å². The van der Waals surface area contributed by atoms with E-state index >= 15 is 0 Å². The monoisotopic (exact) mass is 283 g/mol. The Balaban J connectivity index is 2.08. The van der Waals surface area contributed by atoms with Gasteiger partial charge in [0.15, 0.2) is 16.5 Å². The van der Waals surface area contributed by atoms with E-state index in [9.17, 15) is 5.11 Å². The maximum Gasteiger partial charge on any atom is 0.196 e. The standard InChI is InChI=1S/C10H13N5O3S/c11-8-7-9(13-3-12-8)15(4-14-7)10(19)1-5(17)6(2-16)18-10/h3-6,16-17,19H,1-2H2,(H2,11,12,13)/t5-,6+,10-/m0/s1. The highest BCUT2D eigenvalue weighted by atomic mass is 32.1. The van der Waals surface area contributed by atoms with Gasteiger partial charge in [0.05, 0.1) is 12.7 Å². The highest BCUT2D eigenvalue weighted by Crippen LogP contribution is 2.40. The molecule has 19 heavy (non-hydrogen) atoms. The number of aromatic nitrogens is 4. The second-order valence-corrected chi connectivity index (χ2v) is 5.10. The molecule has 0 saturated carbocycles. The van der Waals surface area contributed by atoms with Crippen LogP contribution in [0.15, 0.2) is 12.7 Å². The maximum atomic E-state index is 9.82. The third-order valence-corrected chi connectivity index (χ3v) is 3.67. The number of imidazole rings is 1. The number of nitrogens with two attached hydrogens (primary N) is 1. The molecule has 1 aliphatic rings. The number of hydrogen-bond donors (Lipinski definition) is 4. The summed E-state index contributed by atoms with van der Waals surface area (Å²) in [5, 5.41) is 17.8. The van der Waals surface area contributed by atoms with E-state index < -0.39 is 17.3 Å². The van der Waals surface area contributed by atoms with E-state index in [2.05, 4.69) is 27.6 Å². The second-order valence-electron chi connectivity index (χ2n) is 4.40. The molecule has 0 bridgehead atoms. The molecular formula is C10H13N5O3S. The second kappa shape index (κ2) is 4.30. The summed E-state index contributed by atoms with van der Waals surface area (Å²) >= 11 is 4.45. The van der Waals surface area contributed by atoms with Gasteiger partial charge >= 0.3 is 0 Å². The van der Waals surface area contributed by atoms with E-state index in [1.807, 2.05) is 0 Å². The number of hydrogen-bond acceptors (Lipinski definition) is 8. The first kappa shape index (κ1) is 12.6. The molecule has 9 heteroatoms. The summed E-state index contributed by atoms with van der Waals surface area (Å²) in [6.07, 6.45) is 1.52. The van der Waals surface area contributed by atoms with Crippen molar-refractivity contribution in [3.05, 3.63) is 12.7 Å². The van der Waals surface area contributed by atoms with E-state index in [1.165, 1.54) is 12.7 Å². The zero-order chi connectivity index (χ0) is 13.6. The molecule has 0 radical (unpaired) electrons. The first-order valence-electron chi connectivity index (χ1n) is 5.68. The van der Waals surface area contributed by atoms with Crippen LogP contribution in [0, 0.1) is 0 Å². The Kier molecular flexibility index (Phi) is 2.86. The molecule has 3 atom stereocenters. The Labute approximate surface area is 113 Å². The Bertz CT molecular complexity index is 620. The van der Waals surface area contributed by atoms with Gasteiger partial charge in [-0.1, -0.05) is 0 Å². The lowest BCUT2D eigenvalue weighted by Crippen LogP contribution is -2.28. The number of thiol groups is 1. The molecule has 8 nitrogen and oxygen atoms in total. The number of anilines is 1. The van der Waals surface area contributed by atoms with Crippen LogP contribution in [0.25, 0.3) is 11.2 Å². The van der Waals surface area contributed by atoms with Crippen molar-refractivity contribution in [3.63, 3.8) is 0 Å².